The lowest BCUT2D eigenvalue weighted by Gasteiger charge is -2.17. The zero-order chi connectivity index (χ0) is 25.4. The number of fused-ring (bicyclic) bond motifs is 1. The van der Waals surface area contributed by atoms with Crippen molar-refractivity contribution in [3.05, 3.63) is 77.2 Å². The SMILES string of the molecule is CN(C(=O)/C=C/CN(C)C1CC1)c1ccc(-n2c(Cl)c(-c3ccc(Cl)cc3)c3c(N)ncnc32)cc1. The van der Waals surface area contributed by atoms with E-state index in [1.54, 1.807) is 30.2 Å². The summed E-state index contributed by atoms with van der Waals surface area (Å²) in [4.78, 5) is 25.2. The van der Waals surface area contributed by atoms with Crippen LogP contribution in [0.5, 0.6) is 0 Å². The van der Waals surface area contributed by atoms with Gasteiger partial charge in [-0.05, 0) is 61.9 Å². The summed E-state index contributed by atoms with van der Waals surface area (Å²) in [7, 11) is 3.85. The van der Waals surface area contributed by atoms with Crippen molar-refractivity contribution in [2.45, 2.75) is 18.9 Å². The lowest BCUT2D eigenvalue weighted by atomic mass is 10.1. The minimum atomic E-state index is -0.0815. The van der Waals surface area contributed by atoms with Gasteiger partial charge < -0.3 is 10.6 Å². The quantitative estimate of drug-likeness (QED) is 0.321. The van der Waals surface area contributed by atoms with Crippen LogP contribution in [0.3, 0.4) is 0 Å². The molecule has 0 spiro atoms. The Labute approximate surface area is 219 Å². The van der Waals surface area contributed by atoms with Gasteiger partial charge in [-0.3, -0.25) is 14.3 Å². The minimum absolute atomic E-state index is 0.0815. The standard InChI is InChI=1S/C27H26Cl2N6O/c1-33(19-9-10-19)15-3-4-22(36)34(2)20-11-13-21(14-12-20)35-25(29)23(17-5-7-18(28)8-6-17)24-26(30)31-16-32-27(24)35/h3-8,11-14,16,19H,9-10,15H2,1-2H3,(H2,30,31,32)/b4-3+. The van der Waals surface area contributed by atoms with Crippen LogP contribution in [0.25, 0.3) is 27.8 Å². The highest BCUT2D eigenvalue weighted by molar-refractivity contribution is 6.35. The molecule has 2 aromatic carbocycles. The largest absolute Gasteiger partial charge is 0.383 e. The fraction of sp³-hybridized carbons (Fsp3) is 0.222. The molecule has 2 aromatic heterocycles. The first kappa shape index (κ1) is 24.3. The van der Waals surface area contributed by atoms with Crippen LogP contribution in [0.15, 0.2) is 67.0 Å². The third-order valence-corrected chi connectivity index (χ3v) is 7.11. The Balaban J connectivity index is 1.45. The Morgan fingerprint density at radius 2 is 1.78 bits per heavy atom. The van der Waals surface area contributed by atoms with Crippen molar-refractivity contribution in [2.24, 2.45) is 0 Å². The number of carbonyl (C=O) groups excluding carboxylic acids is 1. The van der Waals surface area contributed by atoms with Gasteiger partial charge in [-0.2, -0.15) is 0 Å². The summed E-state index contributed by atoms with van der Waals surface area (Å²) in [5.74, 6) is 0.258. The van der Waals surface area contributed by atoms with Gasteiger partial charge in [0.1, 0.15) is 17.3 Å². The third kappa shape index (κ3) is 4.69. The van der Waals surface area contributed by atoms with E-state index in [0.717, 1.165) is 29.0 Å². The van der Waals surface area contributed by atoms with Crippen LogP contribution in [0.1, 0.15) is 12.8 Å². The van der Waals surface area contributed by atoms with Crippen molar-refractivity contribution >= 4 is 51.6 Å². The second-order valence-electron chi connectivity index (χ2n) is 8.95. The van der Waals surface area contributed by atoms with E-state index in [9.17, 15) is 4.79 Å². The molecule has 4 aromatic rings. The minimum Gasteiger partial charge on any atom is -0.383 e. The molecular formula is C27H26Cl2N6O. The lowest BCUT2D eigenvalue weighted by molar-refractivity contribution is -0.113. The average molecular weight is 521 g/mol. The number of amides is 1. The molecule has 36 heavy (non-hydrogen) atoms. The predicted octanol–water partition coefficient (Wildman–Crippen LogP) is 5.59. The van der Waals surface area contributed by atoms with Gasteiger partial charge in [0, 0.05) is 47.7 Å². The average Bonchev–Trinajstić information content (AvgIpc) is 3.68. The van der Waals surface area contributed by atoms with E-state index in [2.05, 4.69) is 21.9 Å². The normalized spacial score (nSPS) is 13.7. The highest BCUT2D eigenvalue weighted by Gasteiger charge is 2.25. The smallest absolute Gasteiger partial charge is 0.250 e. The van der Waals surface area contributed by atoms with Crippen LogP contribution >= 0.6 is 23.2 Å². The number of hydrogen-bond acceptors (Lipinski definition) is 5. The maximum absolute atomic E-state index is 12.7. The van der Waals surface area contributed by atoms with Gasteiger partial charge in [-0.25, -0.2) is 9.97 Å². The first-order valence-corrected chi connectivity index (χ1v) is 12.4. The molecule has 9 heteroatoms. The van der Waals surface area contributed by atoms with Crippen LogP contribution in [-0.4, -0.2) is 52.0 Å². The second kappa shape index (κ2) is 9.93. The zero-order valence-corrected chi connectivity index (χ0v) is 21.5. The fourth-order valence-corrected chi connectivity index (χ4v) is 4.78. The molecular weight excluding hydrogens is 495 g/mol. The van der Waals surface area contributed by atoms with E-state index in [4.69, 9.17) is 28.9 Å². The molecule has 1 saturated carbocycles. The number of nitrogens with two attached hydrogens (primary N) is 1. The molecule has 0 radical (unpaired) electrons. The maximum atomic E-state index is 12.7. The summed E-state index contributed by atoms with van der Waals surface area (Å²) < 4.78 is 1.83. The number of aromatic nitrogens is 3. The molecule has 0 bridgehead atoms. The zero-order valence-electron chi connectivity index (χ0n) is 20.0. The summed E-state index contributed by atoms with van der Waals surface area (Å²) in [5.41, 5.74) is 10.00. The van der Waals surface area contributed by atoms with E-state index in [-0.39, 0.29) is 5.91 Å². The van der Waals surface area contributed by atoms with Crippen LogP contribution in [0.4, 0.5) is 11.5 Å². The molecule has 5 rings (SSSR count). The van der Waals surface area contributed by atoms with Crippen LogP contribution in [0, 0.1) is 0 Å². The maximum Gasteiger partial charge on any atom is 0.250 e. The number of halogens is 2. The van der Waals surface area contributed by atoms with Crippen molar-refractivity contribution in [1.29, 1.82) is 0 Å². The van der Waals surface area contributed by atoms with E-state index in [1.807, 2.05) is 47.0 Å². The van der Waals surface area contributed by atoms with Crippen molar-refractivity contribution in [2.75, 3.05) is 31.3 Å². The Bertz CT molecular complexity index is 1440. The van der Waals surface area contributed by atoms with Gasteiger partial charge >= 0.3 is 0 Å². The number of carbonyl (C=O) groups is 1. The molecule has 0 aliphatic heterocycles. The number of likely N-dealkylation sites (N-methyl/N-ethyl adjacent to an activating group) is 2. The van der Waals surface area contributed by atoms with Gasteiger partial charge in [-0.1, -0.05) is 41.4 Å². The topological polar surface area (TPSA) is 80.3 Å². The Hall–Kier alpha value is -3.39. The molecule has 2 N–H and O–H groups in total. The number of hydrogen-bond donors (Lipinski definition) is 1. The van der Waals surface area contributed by atoms with Crippen molar-refractivity contribution in [3.63, 3.8) is 0 Å². The van der Waals surface area contributed by atoms with Gasteiger partial charge in [0.2, 0.25) is 5.91 Å². The number of benzene rings is 2. The Kier molecular flexibility index (Phi) is 6.71. The van der Waals surface area contributed by atoms with E-state index in [1.165, 1.54) is 19.2 Å². The molecule has 1 amide bonds. The van der Waals surface area contributed by atoms with E-state index in [0.29, 0.717) is 33.1 Å². The molecule has 1 aliphatic carbocycles. The summed E-state index contributed by atoms with van der Waals surface area (Å²) in [6, 6.07) is 15.6. The first-order chi connectivity index (χ1) is 17.3. The predicted molar refractivity (Wildman–Crippen MR) is 147 cm³/mol. The summed E-state index contributed by atoms with van der Waals surface area (Å²) in [6.45, 7) is 0.767. The van der Waals surface area contributed by atoms with Crippen molar-refractivity contribution in [1.82, 2.24) is 19.4 Å². The Morgan fingerprint density at radius 1 is 1.08 bits per heavy atom. The van der Waals surface area contributed by atoms with E-state index < -0.39 is 0 Å². The fourth-order valence-electron chi connectivity index (χ4n) is 4.27. The number of anilines is 2. The molecule has 1 fully saturated rings. The van der Waals surface area contributed by atoms with Gasteiger partial charge in [0.15, 0.2) is 5.65 Å². The van der Waals surface area contributed by atoms with Crippen LogP contribution < -0.4 is 10.6 Å². The summed E-state index contributed by atoms with van der Waals surface area (Å²) in [5, 5.41) is 1.75. The highest BCUT2D eigenvalue weighted by Crippen LogP contribution is 2.41. The highest BCUT2D eigenvalue weighted by atomic mass is 35.5. The van der Waals surface area contributed by atoms with Crippen LogP contribution in [-0.2, 0) is 4.79 Å². The van der Waals surface area contributed by atoms with Crippen molar-refractivity contribution < 1.29 is 4.79 Å². The van der Waals surface area contributed by atoms with Gasteiger partial charge in [-0.15, -0.1) is 0 Å². The molecule has 0 saturated heterocycles. The molecule has 184 valence electrons. The van der Waals surface area contributed by atoms with Crippen LogP contribution in [0.2, 0.25) is 10.2 Å². The number of nitrogen functional groups attached to an aromatic ring is 1. The molecule has 0 unspecified atom stereocenters. The lowest BCUT2D eigenvalue weighted by Crippen LogP contribution is -2.25. The Morgan fingerprint density at radius 3 is 2.44 bits per heavy atom. The van der Waals surface area contributed by atoms with Gasteiger partial charge in [0.25, 0.3) is 0 Å². The second-order valence-corrected chi connectivity index (χ2v) is 9.75. The monoisotopic (exact) mass is 520 g/mol. The van der Waals surface area contributed by atoms with Gasteiger partial charge in [0.05, 0.1) is 5.39 Å². The number of rotatable bonds is 7. The first-order valence-electron chi connectivity index (χ1n) is 11.7. The third-order valence-electron chi connectivity index (χ3n) is 6.50. The molecule has 7 nitrogen and oxygen atoms in total. The molecule has 1 aliphatic rings. The number of nitrogens with zero attached hydrogens (tertiary/aromatic N) is 5. The van der Waals surface area contributed by atoms with E-state index >= 15 is 0 Å². The summed E-state index contributed by atoms with van der Waals surface area (Å²) in [6.07, 6.45) is 7.45. The summed E-state index contributed by atoms with van der Waals surface area (Å²) >= 11 is 13.0. The van der Waals surface area contributed by atoms with Crippen molar-refractivity contribution in [3.8, 4) is 16.8 Å². The molecule has 0 atom stereocenters. The molecule has 2 heterocycles.